The van der Waals surface area contributed by atoms with Crippen LogP contribution in [0, 0.1) is 17.0 Å². The number of alkyl halides is 3. The van der Waals surface area contributed by atoms with Crippen LogP contribution in [0.25, 0.3) is 6.08 Å². The third-order valence-electron chi connectivity index (χ3n) is 6.23. The van der Waals surface area contributed by atoms with E-state index in [0.717, 1.165) is 6.07 Å². The van der Waals surface area contributed by atoms with Crippen molar-refractivity contribution in [2.75, 3.05) is 39.3 Å². The standard InChI is InChI=1S/C23H26F3N5O5/c1-16-17(5-3-7-18(16)23(24,25)26)6-4-12-35-21(32)29-10-8-28(9-11-29)14-22(2)15-30-13-19(31(33)34)27-20(30)36-22/h3-7,13H,8-12,14-15H2,1-2H3/b6-4-/t22-/m0/s1. The quantitative estimate of drug-likeness (QED) is 0.432. The summed E-state index contributed by atoms with van der Waals surface area (Å²) in [4.78, 5) is 30.3. The number of halogens is 3. The first-order valence-electron chi connectivity index (χ1n) is 11.3. The fourth-order valence-electron chi connectivity index (χ4n) is 4.45. The number of piperazine rings is 1. The van der Waals surface area contributed by atoms with Gasteiger partial charge in [-0.25, -0.2) is 4.79 Å². The van der Waals surface area contributed by atoms with E-state index in [4.69, 9.17) is 9.47 Å². The summed E-state index contributed by atoms with van der Waals surface area (Å²) in [6.07, 6.45) is -0.528. The molecule has 0 saturated carbocycles. The van der Waals surface area contributed by atoms with Crippen LogP contribution in [0.5, 0.6) is 6.01 Å². The van der Waals surface area contributed by atoms with Crippen LogP contribution < -0.4 is 4.74 Å². The first-order chi connectivity index (χ1) is 16.9. The number of carbonyl (C=O) groups excluding carboxylic acids is 1. The number of hydrogen-bond acceptors (Lipinski definition) is 7. The van der Waals surface area contributed by atoms with Crippen molar-refractivity contribution in [2.24, 2.45) is 0 Å². The van der Waals surface area contributed by atoms with Gasteiger partial charge in [0.25, 0.3) is 0 Å². The predicted octanol–water partition coefficient (Wildman–Crippen LogP) is 3.74. The van der Waals surface area contributed by atoms with Crippen LogP contribution in [0.3, 0.4) is 0 Å². The van der Waals surface area contributed by atoms with Gasteiger partial charge in [0, 0.05) is 37.7 Å². The van der Waals surface area contributed by atoms with Crippen molar-refractivity contribution in [1.29, 1.82) is 0 Å². The van der Waals surface area contributed by atoms with Crippen LogP contribution in [0.15, 0.2) is 30.5 Å². The van der Waals surface area contributed by atoms with E-state index in [2.05, 4.69) is 9.88 Å². The second-order valence-corrected chi connectivity index (χ2v) is 9.08. The van der Waals surface area contributed by atoms with Crippen molar-refractivity contribution in [3.8, 4) is 6.01 Å². The molecule has 1 aromatic carbocycles. The third kappa shape index (κ3) is 5.61. The molecule has 1 aromatic heterocycles. The summed E-state index contributed by atoms with van der Waals surface area (Å²) in [6.45, 7) is 6.33. The van der Waals surface area contributed by atoms with Gasteiger partial charge in [-0.05, 0) is 42.0 Å². The Hall–Kier alpha value is -3.61. The molecule has 0 aliphatic carbocycles. The molecule has 0 bridgehead atoms. The van der Waals surface area contributed by atoms with E-state index in [-0.39, 0.29) is 24.0 Å². The molecule has 1 atom stereocenters. The van der Waals surface area contributed by atoms with E-state index in [1.807, 2.05) is 6.92 Å². The maximum atomic E-state index is 13.0. The molecule has 1 saturated heterocycles. The molecular weight excluding hydrogens is 483 g/mol. The second-order valence-electron chi connectivity index (χ2n) is 9.08. The minimum Gasteiger partial charge on any atom is -0.445 e. The molecule has 36 heavy (non-hydrogen) atoms. The molecule has 1 fully saturated rings. The maximum Gasteiger partial charge on any atom is 0.416 e. The minimum atomic E-state index is -4.42. The number of aromatic nitrogens is 2. The molecule has 0 spiro atoms. The lowest BCUT2D eigenvalue weighted by Gasteiger charge is -2.37. The van der Waals surface area contributed by atoms with Crippen molar-refractivity contribution in [3.63, 3.8) is 0 Å². The van der Waals surface area contributed by atoms with Crippen LogP contribution in [-0.4, -0.2) is 75.3 Å². The smallest absolute Gasteiger partial charge is 0.416 e. The molecular formula is C23H26F3N5O5. The third-order valence-corrected chi connectivity index (χ3v) is 6.23. The van der Waals surface area contributed by atoms with Gasteiger partial charge in [-0.3, -0.25) is 9.47 Å². The molecule has 10 nitrogen and oxygen atoms in total. The van der Waals surface area contributed by atoms with E-state index >= 15 is 0 Å². The Balaban J connectivity index is 1.22. The largest absolute Gasteiger partial charge is 0.445 e. The number of benzene rings is 1. The number of imidazole rings is 1. The molecule has 1 amide bonds. The molecule has 2 aliphatic rings. The van der Waals surface area contributed by atoms with Gasteiger partial charge >= 0.3 is 24.1 Å². The van der Waals surface area contributed by atoms with Crippen molar-refractivity contribution < 1.29 is 32.4 Å². The average Bonchev–Trinajstić information content (AvgIpc) is 3.32. The maximum absolute atomic E-state index is 13.0. The summed E-state index contributed by atoms with van der Waals surface area (Å²) in [6, 6.07) is 4.17. The highest BCUT2D eigenvalue weighted by Crippen LogP contribution is 2.33. The molecule has 0 N–H and O–H groups in total. The van der Waals surface area contributed by atoms with Gasteiger partial charge in [0.1, 0.15) is 18.4 Å². The molecule has 3 heterocycles. The molecule has 13 heteroatoms. The lowest BCUT2D eigenvalue weighted by atomic mass is 10.0. The highest BCUT2D eigenvalue weighted by atomic mass is 19.4. The topological polar surface area (TPSA) is 103 Å². The van der Waals surface area contributed by atoms with Crippen LogP contribution in [0.2, 0.25) is 0 Å². The first kappa shape index (κ1) is 25.5. The minimum absolute atomic E-state index is 0.0573. The summed E-state index contributed by atoms with van der Waals surface area (Å²) >= 11 is 0. The van der Waals surface area contributed by atoms with Gasteiger partial charge in [0.05, 0.1) is 12.1 Å². The molecule has 0 unspecified atom stereocenters. The fraction of sp³-hybridized carbons (Fsp3) is 0.478. The normalized spacial score (nSPS) is 20.4. The number of carbonyl (C=O) groups is 1. The highest BCUT2D eigenvalue weighted by Gasteiger charge is 2.42. The van der Waals surface area contributed by atoms with Gasteiger partial charge in [-0.2, -0.15) is 13.2 Å². The van der Waals surface area contributed by atoms with Crippen molar-refractivity contribution in [2.45, 2.75) is 32.2 Å². The van der Waals surface area contributed by atoms with Crippen LogP contribution in [-0.2, 0) is 17.5 Å². The van der Waals surface area contributed by atoms with E-state index in [9.17, 15) is 28.1 Å². The van der Waals surface area contributed by atoms with E-state index in [1.54, 1.807) is 15.5 Å². The summed E-state index contributed by atoms with van der Waals surface area (Å²) in [5.74, 6) is -0.251. The van der Waals surface area contributed by atoms with Crippen molar-refractivity contribution in [3.05, 3.63) is 57.3 Å². The first-order valence-corrected chi connectivity index (χ1v) is 11.3. The molecule has 0 radical (unpaired) electrons. The lowest BCUT2D eigenvalue weighted by molar-refractivity contribution is -0.389. The Morgan fingerprint density at radius 1 is 1.31 bits per heavy atom. The van der Waals surface area contributed by atoms with Gasteiger partial charge < -0.3 is 24.5 Å². The number of nitrogens with zero attached hydrogens (tertiary/aromatic N) is 5. The Kier molecular flexibility index (Phi) is 6.94. The number of fused-ring (bicyclic) bond motifs is 1. The van der Waals surface area contributed by atoms with Crippen LogP contribution in [0.1, 0.15) is 23.6 Å². The van der Waals surface area contributed by atoms with Gasteiger partial charge in [0.15, 0.2) is 0 Å². The lowest BCUT2D eigenvalue weighted by Crippen LogP contribution is -2.54. The van der Waals surface area contributed by atoms with Gasteiger partial charge in [0.2, 0.25) is 0 Å². The molecule has 4 rings (SSSR count). The second kappa shape index (κ2) is 9.80. The van der Waals surface area contributed by atoms with Crippen molar-refractivity contribution in [1.82, 2.24) is 19.4 Å². The number of hydrogen-bond donors (Lipinski definition) is 0. The predicted molar refractivity (Wildman–Crippen MR) is 122 cm³/mol. The number of nitro groups is 1. The monoisotopic (exact) mass is 509 g/mol. The fourth-order valence-corrected chi connectivity index (χ4v) is 4.45. The molecule has 2 aromatic rings. The Morgan fingerprint density at radius 3 is 2.67 bits per heavy atom. The SMILES string of the molecule is Cc1c(/C=C\COC(=O)N2CCN(C[C@@]3(C)Cn4cc([N+](=O)[O-])nc4O3)CC2)cccc1C(F)(F)F. The van der Waals surface area contributed by atoms with Crippen LogP contribution in [0.4, 0.5) is 23.8 Å². The van der Waals surface area contributed by atoms with Gasteiger partial charge in [-0.1, -0.05) is 18.2 Å². The zero-order chi connectivity index (χ0) is 26.1. The zero-order valence-corrected chi connectivity index (χ0v) is 19.8. The molecule has 2 aliphatic heterocycles. The average molecular weight is 509 g/mol. The van der Waals surface area contributed by atoms with Gasteiger partial charge in [-0.15, -0.1) is 0 Å². The number of amides is 1. The Morgan fingerprint density at radius 2 is 2.03 bits per heavy atom. The highest BCUT2D eigenvalue weighted by molar-refractivity contribution is 5.68. The summed E-state index contributed by atoms with van der Waals surface area (Å²) < 4.78 is 51.9. The number of ether oxygens (including phenoxy) is 2. The van der Waals surface area contributed by atoms with E-state index in [0.29, 0.717) is 44.8 Å². The van der Waals surface area contributed by atoms with Crippen molar-refractivity contribution >= 4 is 18.0 Å². The van der Waals surface area contributed by atoms with E-state index < -0.39 is 28.4 Å². The zero-order valence-electron chi connectivity index (χ0n) is 19.8. The molecule has 194 valence electrons. The Labute approximate surface area is 205 Å². The summed E-state index contributed by atoms with van der Waals surface area (Å²) in [5.41, 5.74) is -0.756. The van der Waals surface area contributed by atoms with Crippen LogP contribution >= 0.6 is 0 Å². The Bertz CT molecular complexity index is 1150. The van der Waals surface area contributed by atoms with E-state index in [1.165, 1.54) is 31.3 Å². The summed E-state index contributed by atoms with van der Waals surface area (Å²) in [7, 11) is 0. The number of rotatable bonds is 6. The summed E-state index contributed by atoms with van der Waals surface area (Å²) in [5, 5.41) is 10.9.